The molecule has 1 aromatic carbocycles. The fourth-order valence-electron chi connectivity index (χ4n) is 1.41. The van der Waals surface area contributed by atoms with Crippen molar-refractivity contribution in [2.45, 2.75) is 18.3 Å². The summed E-state index contributed by atoms with van der Waals surface area (Å²) in [5, 5.41) is 0. The normalized spacial score (nSPS) is 18.8. The zero-order chi connectivity index (χ0) is 8.60. The molecule has 0 aliphatic heterocycles. The maximum atomic E-state index is 10.8. The number of hydrogen-bond donors (Lipinski definition) is 0. The molecule has 0 heterocycles. The highest BCUT2D eigenvalue weighted by Gasteiger charge is 2.44. The van der Waals surface area contributed by atoms with E-state index in [-0.39, 0.29) is 5.41 Å². The van der Waals surface area contributed by atoms with Crippen molar-refractivity contribution in [1.29, 1.82) is 0 Å². The van der Waals surface area contributed by atoms with E-state index in [1.807, 2.05) is 24.3 Å². The van der Waals surface area contributed by atoms with E-state index in [1.165, 1.54) is 0 Å². The highest BCUT2D eigenvalue weighted by molar-refractivity contribution is 9.10. The fraction of sp³-hybridized carbons (Fsp3) is 0.300. The molecule has 1 aliphatic rings. The molecular formula is C10H9BrO. The first-order valence-electron chi connectivity index (χ1n) is 3.99. The number of carbonyl (C=O) groups excluding carboxylic acids is 1. The van der Waals surface area contributed by atoms with Crippen LogP contribution < -0.4 is 0 Å². The SMILES string of the molecule is O=CC1(c2cccc(Br)c2)CC1. The summed E-state index contributed by atoms with van der Waals surface area (Å²) in [5.41, 5.74) is 1.01. The molecular weight excluding hydrogens is 216 g/mol. The summed E-state index contributed by atoms with van der Waals surface area (Å²) in [7, 11) is 0. The number of carbonyl (C=O) groups is 1. The van der Waals surface area contributed by atoms with Gasteiger partial charge in [0.15, 0.2) is 0 Å². The molecule has 2 heteroatoms. The Morgan fingerprint density at radius 1 is 1.42 bits per heavy atom. The second kappa shape index (κ2) is 2.70. The predicted octanol–water partition coefficient (Wildman–Crippen LogP) is 2.68. The molecule has 1 fully saturated rings. The van der Waals surface area contributed by atoms with E-state index in [9.17, 15) is 4.79 Å². The molecule has 0 radical (unpaired) electrons. The van der Waals surface area contributed by atoms with E-state index in [2.05, 4.69) is 15.9 Å². The highest BCUT2D eigenvalue weighted by atomic mass is 79.9. The molecule has 0 saturated heterocycles. The molecule has 0 amide bonds. The van der Waals surface area contributed by atoms with Gasteiger partial charge in [0.2, 0.25) is 0 Å². The van der Waals surface area contributed by atoms with E-state index in [4.69, 9.17) is 0 Å². The molecule has 12 heavy (non-hydrogen) atoms. The van der Waals surface area contributed by atoms with Gasteiger partial charge in [-0.05, 0) is 30.5 Å². The molecule has 2 rings (SSSR count). The summed E-state index contributed by atoms with van der Waals surface area (Å²) in [6.07, 6.45) is 3.09. The number of halogens is 1. The molecule has 1 aromatic rings. The minimum atomic E-state index is -0.135. The van der Waals surface area contributed by atoms with Gasteiger partial charge in [-0.1, -0.05) is 28.1 Å². The largest absolute Gasteiger partial charge is 0.302 e. The summed E-state index contributed by atoms with van der Waals surface area (Å²) in [5.74, 6) is 0. The van der Waals surface area contributed by atoms with Crippen molar-refractivity contribution < 1.29 is 4.79 Å². The van der Waals surface area contributed by atoms with E-state index < -0.39 is 0 Å². The Morgan fingerprint density at radius 3 is 2.67 bits per heavy atom. The van der Waals surface area contributed by atoms with Gasteiger partial charge in [-0.15, -0.1) is 0 Å². The number of hydrogen-bond acceptors (Lipinski definition) is 1. The van der Waals surface area contributed by atoms with Crippen LogP contribution in [0.25, 0.3) is 0 Å². The maximum Gasteiger partial charge on any atom is 0.130 e. The van der Waals surface area contributed by atoms with Crippen LogP contribution in [0.3, 0.4) is 0 Å². The minimum Gasteiger partial charge on any atom is -0.302 e. The van der Waals surface area contributed by atoms with Gasteiger partial charge in [0.1, 0.15) is 6.29 Å². The summed E-state index contributed by atoms with van der Waals surface area (Å²) in [4.78, 5) is 10.8. The van der Waals surface area contributed by atoms with Crippen molar-refractivity contribution in [3.63, 3.8) is 0 Å². The Kier molecular flexibility index (Phi) is 1.80. The fourth-order valence-corrected chi connectivity index (χ4v) is 1.81. The third-order valence-corrected chi connectivity index (χ3v) is 2.91. The highest BCUT2D eigenvalue weighted by Crippen LogP contribution is 2.46. The summed E-state index contributed by atoms with van der Waals surface area (Å²) < 4.78 is 1.05. The smallest absolute Gasteiger partial charge is 0.130 e. The lowest BCUT2D eigenvalue weighted by Gasteiger charge is -2.06. The average molecular weight is 225 g/mol. The lowest BCUT2D eigenvalue weighted by molar-refractivity contribution is -0.109. The molecule has 1 saturated carbocycles. The number of benzene rings is 1. The maximum absolute atomic E-state index is 10.8. The molecule has 1 nitrogen and oxygen atoms in total. The summed E-state index contributed by atoms with van der Waals surface area (Å²) >= 11 is 3.40. The summed E-state index contributed by atoms with van der Waals surface area (Å²) in [6.45, 7) is 0. The standard InChI is InChI=1S/C10H9BrO/c11-9-3-1-2-8(6-9)10(7-12)4-5-10/h1-3,6-7H,4-5H2. The Hall–Kier alpha value is -0.630. The van der Waals surface area contributed by atoms with Gasteiger partial charge in [0.05, 0.1) is 5.41 Å². The van der Waals surface area contributed by atoms with Gasteiger partial charge in [-0.2, -0.15) is 0 Å². The second-order valence-corrected chi connectivity index (χ2v) is 4.20. The molecule has 0 bridgehead atoms. The van der Waals surface area contributed by atoms with Crippen LogP contribution in [0, 0.1) is 0 Å². The zero-order valence-corrected chi connectivity index (χ0v) is 8.17. The Morgan fingerprint density at radius 2 is 2.17 bits per heavy atom. The number of rotatable bonds is 2. The Bertz CT molecular complexity index is 315. The average Bonchev–Trinajstić information content (AvgIpc) is 2.84. The van der Waals surface area contributed by atoms with Crippen molar-refractivity contribution in [3.8, 4) is 0 Å². The van der Waals surface area contributed by atoms with Crippen LogP contribution >= 0.6 is 15.9 Å². The molecule has 62 valence electrons. The van der Waals surface area contributed by atoms with Crippen LogP contribution in [-0.2, 0) is 10.2 Å². The predicted molar refractivity (Wildman–Crippen MR) is 51.1 cm³/mol. The Balaban J connectivity index is 2.40. The van der Waals surface area contributed by atoms with Crippen molar-refractivity contribution in [3.05, 3.63) is 34.3 Å². The van der Waals surface area contributed by atoms with Gasteiger partial charge >= 0.3 is 0 Å². The van der Waals surface area contributed by atoms with Gasteiger partial charge in [-0.3, -0.25) is 0 Å². The second-order valence-electron chi connectivity index (χ2n) is 3.28. The lowest BCUT2D eigenvalue weighted by atomic mass is 9.98. The van der Waals surface area contributed by atoms with Crippen LogP contribution in [0.5, 0.6) is 0 Å². The number of aldehydes is 1. The van der Waals surface area contributed by atoms with Gasteiger partial charge in [0.25, 0.3) is 0 Å². The quantitative estimate of drug-likeness (QED) is 0.707. The molecule has 0 aromatic heterocycles. The van der Waals surface area contributed by atoms with Crippen LogP contribution in [0.15, 0.2) is 28.7 Å². The molecule has 0 spiro atoms. The van der Waals surface area contributed by atoms with Gasteiger partial charge < -0.3 is 4.79 Å². The van der Waals surface area contributed by atoms with Crippen LogP contribution in [-0.4, -0.2) is 6.29 Å². The van der Waals surface area contributed by atoms with Crippen molar-refractivity contribution in [1.82, 2.24) is 0 Å². The van der Waals surface area contributed by atoms with Gasteiger partial charge in [-0.25, -0.2) is 0 Å². The molecule has 0 atom stereocenters. The molecule has 0 N–H and O–H groups in total. The van der Waals surface area contributed by atoms with E-state index in [0.717, 1.165) is 29.2 Å². The van der Waals surface area contributed by atoms with Crippen LogP contribution in [0.2, 0.25) is 0 Å². The first kappa shape index (κ1) is 7.99. The zero-order valence-electron chi connectivity index (χ0n) is 6.59. The topological polar surface area (TPSA) is 17.1 Å². The first-order chi connectivity index (χ1) is 5.77. The third kappa shape index (κ3) is 1.20. The van der Waals surface area contributed by atoms with Crippen LogP contribution in [0.1, 0.15) is 18.4 Å². The monoisotopic (exact) mass is 224 g/mol. The van der Waals surface area contributed by atoms with Crippen molar-refractivity contribution >= 4 is 22.2 Å². The molecule has 0 unspecified atom stereocenters. The van der Waals surface area contributed by atoms with E-state index in [1.54, 1.807) is 0 Å². The van der Waals surface area contributed by atoms with Gasteiger partial charge in [0, 0.05) is 4.47 Å². The van der Waals surface area contributed by atoms with Crippen LogP contribution in [0.4, 0.5) is 0 Å². The third-order valence-electron chi connectivity index (χ3n) is 2.41. The van der Waals surface area contributed by atoms with Crippen molar-refractivity contribution in [2.24, 2.45) is 0 Å². The first-order valence-corrected chi connectivity index (χ1v) is 4.78. The molecule has 1 aliphatic carbocycles. The summed E-state index contributed by atoms with van der Waals surface area (Å²) in [6, 6.07) is 8.00. The van der Waals surface area contributed by atoms with E-state index >= 15 is 0 Å². The Labute approximate surface area is 79.9 Å². The minimum absolute atomic E-state index is 0.135. The lowest BCUT2D eigenvalue weighted by Crippen LogP contribution is -2.06. The van der Waals surface area contributed by atoms with E-state index in [0.29, 0.717) is 0 Å². The van der Waals surface area contributed by atoms with Crippen molar-refractivity contribution in [2.75, 3.05) is 0 Å².